The van der Waals surface area contributed by atoms with Crippen molar-refractivity contribution in [3.8, 4) is 0 Å². The molecule has 4 heteroatoms. The first-order chi connectivity index (χ1) is 9.78. The largest absolute Gasteiger partial charge is 0.548 e. The predicted octanol–water partition coefficient (Wildman–Crippen LogP) is 6.71. The average Bonchev–Trinajstić information content (AvgIpc) is 2.24. The summed E-state index contributed by atoms with van der Waals surface area (Å²) in [6.07, 6.45) is 5.99. The van der Waals surface area contributed by atoms with Gasteiger partial charge >= 0.3 is 0 Å². The Labute approximate surface area is 141 Å². The van der Waals surface area contributed by atoms with Crippen LogP contribution < -0.4 is 0 Å². The molecule has 0 aromatic rings. The summed E-state index contributed by atoms with van der Waals surface area (Å²) in [5.74, 6) is 0.916. The van der Waals surface area contributed by atoms with Crippen LogP contribution in [0.15, 0.2) is 12.3 Å². The molecular formula is C18H40O2Si2. The monoisotopic (exact) mass is 344 g/mol. The van der Waals surface area contributed by atoms with Crippen LogP contribution in [-0.2, 0) is 8.85 Å². The molecule has 0 fully saturated rings. The van der Waals surface area contributed by atoms with Gasteiger partial charge in [0.15, 0.2) is 8.32 Å². The van der Waals surface area contributed by atoms with E-state index in [1.165, 1.54) is 19.3 Å². The van der Waals surface area contributed by atoms with Crippen molar-refractivity contribution in [3.63, 3.8) is 0 Å². The minimum atomic E-state index is -1.74. The zero-order chi connectivity index (χ0) is 17.6. The topological polar surface area (TPSA) is 18.5 Å². The van der Waals surface area contributed by atoms with Crippen molar-refractivity contribution in [2.24, 2.45) is 0 Å². The van der Waals surface area contributed by atoms with Gasteiger partial charge in [-0.1, -0.05) is 53.5 Å². The zero-order valence-corrected chi connectivity index (χ0v) is 18.6. The molecule has 0 aliphatic heterocycles. The molecule has 0 aliphatic rings. The maximum absolute atomic E-state index is 6.65. The molecule has 0 radical (unpaired) electrons. The Kier molecular flexibility index (Phi) is 8.67. The highest BCUT2D eigenvalue weighted by molar-refractivity contribution is 6.74. The van der Waals surface area contributed by atoms with E-state index in [0.29, 0.717) is 0 Å². The van der Waals surface area contributed by atoms with Crippen LogP contribution in [0.4, 0.5) is 0 Å². The summed E-state index contributed by atoms with van der Waals surface area (Å²) in [7, 11) is -3.30. The smallest absolute Gasteiger partial charge is 0.241 e. The van der Waals surface area contributed by atoms with E-state index in [4.69, 9.17) is 8.85 Å². The number of rotatable bonds is 10. The summed E-state index contributed by atoms with van der Waals surface area (Å²) in [4.78, 5) is 0. The second-order valence-electron chi connectivity index (χ2n) is 8.95. The summed E-state index contributed by atoms with van der Waals surface area (Å²) in [5.41, 5.74) is 0. The van der Waals surface area contributed by atoms with Gasteiger partial charge in [-0.2, -0.15) is 0 Å². The minimum absolute atomic E-state index is 0.247. The standard InChI is InChI=1S/C18H40O2Si2/c1-11-12-13-14-17(15-16(2)19-21(6,7)8)20-22(9,10)18(3,4)5/h17H,2,11-15H2,1,3-10H3/t17-/m0/s1. The molecule has 0 saturated carbocycles. The lowest BCUT2D eigenvalue weighted by atomic mass is 10.1. The summed E-state index contributed by atoms with van der Waals surface area (Å²) in [6.45, 7) is 24.6. The molecule has 0 bridgehead atoms. The molecule has 0 heterocycles. The molecular weight excluding hydrogens is 304 g/mol. The first-order valence-electron chi connectivity index (χ1n) is 8.83. The van der Waals surface area contributed by atoms with Crippen LogP contribution in [0.1, 0.15) is 59.8 Å². The fraction of sp³-hybridized carbons (Fsp3) is 0.889. The Hall–Kier alpha value is -0.0662. The average molecular weight is 345 g/mol. The van der Waals surface area contributed by atoms with Crippen LogP contribution >= 0.6 is 0 Å². The molecule has 0 spiro atoms. The van der Waals surface area contributed by atoms with Crippen molar-refractivity contribution < 1.29 is 8.85 Å². The maximum atomic E-state index is 6.65. The molecule has 0 aromatic carbocycles. The Bertz CT molecular complexity index is 338. The number of hydrogen-bond donors (Lipinski definition) is 0. The molecule has 22 heavy (non-hydrogen) atoms. The van der Waals surface area contributed by atoms with Crippen molar-refractivity contribution in [2.75, 3.05) is 0 Å². The summed E-state index contributed by atoms with van der Waals surface area (Å²) in [6, 6.07) is 0. The van der Waals surface area contributed by atoms with Crippen LogP contribution in [0.2, 0.25) is 37.8 Å². The second-order valence-corrected chi connectivity index (χ2v) is 18.1. The van der Waals surface area contributed by atoms with Crippen LogP contribution in [0.25, 0.3) is 0 Å². The lowest BCUT2D eigenvalue weighted by molar-refractivity contribution is 0.154. The van der Waals surface area contributed by atoms with Crippen LogP contribution in [0.5, 0.6) is 0 Å². The third-order valence-electron chi connectivity index (χ3n) is 4.30. The van der Waals surface area contributed by atoms with E-state index in [1.807, 2.05) is 0 Å². The Morgan fingerprint density at radius 1 is 1.05 bits per heavy atom. The molecule has 0 aromatic heterocycles. The summed E-state index contributed by atoms with van der Waals surface area (Å²) in [5, 5.41) is 0.247. The predicted molar refractivity (Wildman–Crippen MR) is 104 cm³/mol. The van der Waals surface area contributed by atoms with Gasteiger partial charge in [-0.25, -0.2) is 0 Å². The first kappa shape index (κ1) is 21.9. The number of unbranched alkanes of at least 4 members (excludes halogenated alkanes) is 2. The van der Waals surface area contributed by atoms with Gasteiger partial charge in [0.25, 0.3) is 0 Å². The molecule has 0 unspecified atom stereocenters. The third-order valence-corrected chi connectivity index (χ3v) is 9.74. The van der Waals surface area contributed by atoms with E-state index in [0.717, 1.165) is 18.6 Å². The fourth-order valence-corrected chi connectivity index (χ4v) is 4.48. The first-order valence-corrected chi connectivity index (χ1v) is 15.1. The fourth-order valence-electron chi connectivity index (χ4n) is 2.15. The van der Waals surface area contributed by atoms with Gasteiger partial charge < -0.3 is 8.85 Å². The van der Waals surface area contributed by atoms with Gasteiger partial charge in [-0.3, -0.25) is 0 Å². The van der Waals surface area contributed by atoms with Crippen molar-refractivity contribution in [1.82, 2.24) is 0 Å². The molecule has 0 N–H and O–H groups in total. The van der Waals surface area contributed by atoms with Crippen LogP contribution in [-0.4, -0.2) is 22.7 Å². The van der Waals surface area contributed by atoms with E-state index < -0.39 is 16.6 Å². The minimum Gasteiger partial charge on any atom is -0.548 e. The van der Waals surface area contributed by atoms with Crippen molar-refractivity contribution in [2.45, 2.75) is 104 Å². The molecule has 1 atom stereocenters. The highest BCUT2D eigenvalue weighted by Gasteiger charge is 2.39. The van der Waals surface area contributed by atoms with Crippen LogP contribution in [0, 0.1) is 0 Å². The quantitative estimate of drug-likeness (QED) is 0.249. The van der Waals surface area contributed by atoms with Gasteiger partial charge in [-0.15, -0.1) is 0 Å². The van der Waals surface area contributed by atoms with Crippen molar-refractivity contribution in [1.29, 1.82) is 0 Å². The normalized spacial score (nSPS) is 14.8. The second kappa shape index (κ2) is 8.69. The Balaban J connectivity index is 4.79. The number of hydrogen-bond acceptors (Lipinski definition) is 2. The van der Waals surface area contributed by atoms with Gasteiger partial charge in [-0.05, 0) is 44.2 Å². The highest BCUT2D eigenvalue weighted by Crippen LogP contribution is 2.38. The van der Waals surface area contributed by atoms with Gasteiger partial charge in [0, 0.05) is 6.42 Å². The van der Waals surface area contributed by atoms with Gasteiger partial charge in [0.2, 0.25) is 8.32 Å². The molecule has 132 valence electrons. The van der Waals surface area contributed by atoms with E-state index in [9.17, 15) is 0 Å². The molecule has 0 saturated heterocycles. The summed E-state index contributed by atoms with van der Waals surface area (Å²) < 4.78 is 12.7. The van der Waals surface area contributed by atoms with E-state index in [2.05, 4.69) is 67.0 Å². The lowest BCUT2D eigenvalue weighted by Gasteiger charge is -2.39. The lowest BCUT2D eigenvalue weighted by Crippen LogP contribution is -2.44. The Morgan fingerprint density at radius 3 is 2.00 bits per heavy atom. The molecule has 0 aliphatic carbocycles. The van der Waals surface area contributed by atoms with Gasteiger partial charge in [0.1, 0.15) is 0 Å². The third kappa shape index (κ3) is 9.16. The Morgan fingerprint density at radius 2 is 1.59 bits per heavy atom. The molecule has 0 rings (SSSR count). The van der Waals surface area contributed by atoms with Gasteiger partial charge in [0.05, 0.1) is 11.9 Å². The van der Waals surface area contributed by atoms with E-state index >= 15 is 0 Å². The van der Waals surface area contributed by atoms with Crippen LogP contribution in [0.3, 0.4) is 0 Å². The van der Waals surface area contributed by atoms with E-state index in [-0.39, 0.29) is 11.1 Å². The highest BCUT2D eigenvalue weighted by atomic mass is 28.4. The van der Waals surface area contributed by atoms with E-state index in [1.54, 1.807) is 0 Å². The molecule has 2 nitrogen and oxygen atoms in total. The molecule has 0 amide bonds. The van der Waals surface area contributed by atoms with Crippen molar-refractivity contribution in [3.05, 3.63) is 12.3 Å². The summed E-state index contributed by atoms with van der Waals surface area (Å²) >= 11 is 0. The van der Waals surface area contributed by atoms with Crippen molar-refractivity contribution >= 4 is 16.6 Å². The maximum Gasteiger partial charge on any atom is 0.241 e. The zero-order valence-electron chi connectivity index (χ0n) is 16.6. The SMILES string of the molecule is C=C(C[C@H](CCCCC)O[Si](C)(C)C(C)(C)C)O[Si](C)(C)C.